The second kappa shape index (κ2) is 31.4. The molecule has 6 saturated heterocycles. The van der Waals surface area contributed by atoms with Gasteiger partial charge in [-0.15, -0.1) is 0 Å². The molecule has 0 aliphatic carbocycles. The summed E-state index contributed by atoms with van der Waals surface area (Å²) in [5, 5.41) is 9.86. The van der Waals surface area contributed by atoms with Crippen LogP contribution < -0.4 is 0 Å². The first kappa shape index (κ1) is 57.0. The monoisotopic (exact) mass is 955 g/mol. The maximum Gasteiger partial charge on any atom is 0.283 e. The Morgan fingerprint density at radius 3 is 1.21 bits per heavy atom. The summed E-state index contributed by atoms with van der Waals surface area (Å²) in [4.78, 5) is 0. The van der Waals surface area contributed by atoms with Crippen molar-refractivity contribution in [3.05, 3.63) is 0 Å². The van der Waals surface area contributed by atoms with Gasteiger partial charge in [0, 0.05) is 23.7 Å². The Balaban J connectivity index is 0.858. The average Bonchev–Trinajstić information content (AvgIpc) is 3.34. The molecular formula is C44H72B6O18. The van der Waals surface area contributed by atoms with Crippen molar-refractivity contribution >= 4 is 48.3 Å². The molecule has 18 nitrogen and oxygen atoms in total. The number of hydrogen-bond donors (Lipinski definition) is 1. The van der Waals surface area contributed by atoms with Gasteiger partial charge in [-0.1, -0.05) is 0 Å². The Hall–Kier alpha value is -0.330. The second-order valence-corrected chi connectivity index (χ2v) is 19.3. The Labute approximate surface area is 411 Å². The summed E-state index contributed by atoms with van der Waals surface area (Å²) in [6.07, 6.45) is 5.22. The van der Waals surface area contributed by atoms with Crippen LogP contribution in [0.3, 0.4) is 0 Å². The Kier molecular flexibility index (Phi) is 26.3. The number of aliphatic hydroxyl groups excluding tert-OH is 1. The van der Waals surface area contributed by atoms with Gasteiger partial charge in [-0.25, -0.2) is 0 Å². The van der Waals surface area contributed by atoms with Crippen LogP contribution in [0, 0.1) is 23.7 Å². The van der Waals surface area contributed by atoms with E-state index in [1.165, 1.54) is 0 Å². The molecule has 0 bridgehead atoms. The van der Waals surface area contributed by atoms with Crippen LogP contribution >= 0.6 is 0 Å². The van der Waals surface area contributed by atoms with E-state index in [4.69, 9.17) is 128 Å². The van der Waals surface area contributed by atoms with Gasteiger partial charge in [0.25, 0.3) is 48.3 Å². The fourth-order valence-electron chi connectivity index (χ4n) is 10.4. The first-order valence-corrected chi connectivity index (χ1v) is 24.7. The molecule has 18 atom stereocenters. The maximum atomic E-state index is 9.86. The Morgan fingerprint density at radius 2 is 0.750 bits per heavy atom. The van der Waals surface area contributed by atoms with Crippen LogP contribution in [-0.2, 0) is 80.0 Å². The van der Waals surface area contributed by atoms with Crippen molar-refractivity contribution in [1.82, 2.24) is 0 Å². The van der Waals surface area contributed by atoms with Crippen molar-refractivity contribution in [2.75, 3.05) is 85.9 Å². The van der Waals surface area contributed by atoms with E-state index in [1.54, 1.807) is 0 Å². The van der Waals surface area contributed by atoms with E-state index in [0.717, 1.165) is 51.4 Å². The van der Waals surface area contributed by atoms with Gasteiger partial charge in [-0.3, -0.25) is 0 Å². The summed E-state index contributed by atoms with van der Waals surface area (Å²) < 4.78 is 98.2. The molecule has 6 fully saturated rings. The van der Waals surface area contributed by atoms with Crippen LogP contribution in [0.2, 0.25) is 0 Å². The predicted octanol–water partition coefficient (Wildman–Crippen LogP) is 1.08. The molecular weight excluding hydrogens is 881 g/mol. The predicted molar refractivity (Wildman–Crippen MR) is 247 cm³/mol. The SMILES string of the molecule is [B]OCC1OC(O)CCC1COCC1CCC(COCC2CCC(O[B])C(COC3CCC(COCC4CCC(COCC5CCC(O[B])C(C)O5)C(CO[B])O4)C(CO[B])O3)O2)C(CO[B])O1. The van der Waals surface area contributed by atoms with Crippen LogP contribution in [0.15, 0.2) is 0 Å². The minimum absolute atomic E-state index is 0.00117. The van der Waals surface area contributed by atoms with Gasteiger partial charge < -0.3 is 85.1 Å². The third kappa shape index (κ3) is 18.3. The van der Waals surface area contributed by atoms with Crippen molar-refractivity contribution in [2.45, 2.75) is 170 Å². The summed E-state index contributed by atoms with van der Waals surface area (Å²) >= 11 is 0. The topological polar surface area (TPSA) is 177 Å². The van der Waals surface area contributed by atoms with E-state index in [1.807, 2.05) is 6.92 Å². The van der Waals surface area contributed by atoms with E-state index < -0.39 is 18.7 Å². The summed E-state index contributed by atoms with van der Waals surface area (Å²) in [6.45, 7) is 6.56. The molecule has 12 radical (unpaired) electrons. The molecule has 0 spiro atoms. The molecule has 6 aliphatic heterocycles. The minimum atomic E-state index is -0.817. The standard InChI is InChI=1S/C44H72B6O18/c1-27-36(67-49)10-8-32(61-27)18-52-14-28-2-6-34(63-38(28)23-57-45)20-55-17-31-5-13-44(66-41(31)26-60-48)56-22-42-37(68-50)11-9-35(64-42)21-53-15-29-3-7-33(62-39(29)24-58-46)19-54-16-30-4-12-43(51)65-40(30)25-59-47/h27-44,51H,2-26H2,1H3. The number of aliphatic hydroxyl groups is 1. The lowest BCUT2D eigenvalue weighted by Gasteiger charge is -2.40. The third-order valence-corrected chi connectivity index (χ3v) is 14.4. The Bertz CT molecular complexity index is 1350. The van der Waals surface area contributed by atoms with Gasteiger partial charge in [0.15, 0.2) is 12.6 Å². The van der Waals surface area contributed by atoms with Gasteiger partial charge in [0.1, 0.15) is 6.10 Å². The molecule has 6 heterocycles. The number of rotatable bonds is 29. The van der Waals surface area contributed by atoms with Crippen LogP contribution in [0.1, 0.15) is 84.0 Å². The number of ether oxygens (including phenoxy) is 11. The van der Waals surface area contributed by atoms with Gasteiger partial charge >= 0.3 is 0 Å². The minimum Gasteiger partial charge on any atom is -0.445 e. The van der Waals surface area contributed by atoms with Gasteiger partial charge in [0.05, 0.1) is 153 Å². The molecule has 0 aromatic heterocycles. The highest BCUT2D eigenvalue weighted by Crippen LogP contribution is 2.32. The average molecular weight is 954 g/mol. The van der Waals surface area contributed by atoms with Crippen molar-refractivity contribution in [3.8, 4) is 0 Å². The molecule has 0 amide bonds. The Morgan fingerprint density at radius 1 is 0.368 bits per heavy atom. The van der Waals surface area contributed by atoms with Gasteiger partial charge in [-0.2, -0.15) is 0 Å². The van der Waals surface area contributed by atoms with Crippen molar-refractivity contribution in [3.63, 3.8) is 0 Å². The molecule has 0 saturated carbocycles. The highest BCUT2D eigenvalue weighted by atomic mass is 16.7. The molecule has 24 heteroatoms. The smallest absolute Gasteiger partial charge is 0.283 e. The summed E-state index contributed by atoms with van der Waals surface area (Å²) in [7, 11) is 32.9. The molecule has 0 aromatic carbocycles. The molecule has 1 N–H and O–H groups in total. The lowest BCUT2D eigenvalue weighted by molar-refractivity contribution is -0.243. The highest BCUT2D eigenvalue weighted by Gasteiger charge is 2.38. The molecule has 0 aromatic rings. The first-order chi connectivity index (χ1) is 33.2. The van der Waals surface area contributed by atoms with E-state index >= 15 is 0 Å². The zero-order valence-electron chi connectivity index (χ0n) is 39.9. The second-order valence-electron chi connectivity index (χ2n) is 19.3. The summed E-state index contributed by atoms with van der Waals surface area (Å²) in [6, 6.07) is 0. The molecule has 18 unspecified atom stereocenters. The largest absolute Gasteiger partial charge is 0.445 e. The van der Waals surface area contributed by atoms with Crippen molar-refractivity contribution in [1.29, 1.82) is 0 Å². The highest BCUT2D eigenvalue weighted by molar-refractivity contribution is 5.98. The number of hydrogen-bond acceptors (Lipinski definition) is 18. The zero-order chi connectivity index (χ0) is 48.1. The summed E-state index contributed by atoms with van der Waals surface area (Å²) in [5.41, 5.74) is 0. The zero-order valence-corrected chi connectivity index (χ0v) is 39.9. The van der Waals surface area contributed by atoms with E-state index in [9.17, 15) is 5.11 Å². The fourth-order valence-corrected chi connectivity index (χ4v) is 10.4. The van der Waals surface area contributed by atoms with E-state index in [-0.39, 0.29) is 124 Å². The summed E-state index contributed by atoms with van der Waals surface area (Å²) in [5.74, 6) is 0.291. The van der Waals surface area contributed by atoms with Crippen LogP contribution in [0.4, 0.5) is 0 Å². The fraction of sp³-hybridized carbons (Fsp3) is 1.00. The van der Waals surface area contributed by atoms with Crippen LogP contribution in [0.25, 0.3) is 0 Å². The van der Waals surface area contributed by atoms with E-state index in [0.29, 0.717) is 78.5 Å². The van der Waals surface area contributed by atoms with Crippen LogP contribution in [-0.4, -0.2) is 225 Å². The normalized spacial score (nSPS) is 39.4. The van der Waals surface area contributed by atoms with Crippen molar-refractivity contribution in [2.24, 2.45) is 23.7 Å². The molecule has 6 rings (SSSR count). The molecule has 374 valence electrons. The third-order valence-electron chi connectivity index (χ3n) is 14.4. The van der Waals surface area contributed by atoms with Gasteiger partial charge in [-0.05, 0) is 84.0 Å². The van der Waals surface area contributed by atoms with Crippen LogP contribution in [0.5, 0.6) is 0 Å². The lowest BCUT2D eigenvalue weighted by atomic mass is 9.92. The van der Waals surface area contributed by atoms with E-state index in [2.05, 4.69) is 0 Å². The molecule has 6 aliphatic rings. The van der Waals surface area contributed by atoms with Gasteiger partial charge in [0.2, 0.25) is 0 Å². The maximum absolute atomic E-state index is 9.86. The lowest BCUT2D eigenvalue weighted by Crippen LogP contribution is -2.47. The quantitative estimate of drug-likeness (QED) is 0.105. The first-order valence-electron chi connectivity index (χ1n) is 24.7. The van der Waals surface area contributed by atoms with Crippen molar-refractivity contribution < 1.29 is 85.1 Å². The molecule has 68 heavy (non-hydrogen) atoms.